The van der Waals surface area contributed by atoms with Crippen LogP contribution in [0.3, 0.4) is 0 Å². The Kier molecular flexibility index (Phi) is 5.78. The van der Waals surface area contributed by atoms with Gasteiger partial charge < -0.3 is 9.73 Å². The molecule has 6 nitrogen and oxygen atoms in total. The van der Waals surface area contributed by atoms with E-state index in [4.69, 9.17) is 9.52 Å². The van der Waals surface area contributed by atoms with Crippen LogP contribution in [0.15, 0.2) is 58.3 Å². The lowest BCUT2D eigenvalue weighted by Gasteiger charge is -2.14. The zero-order chi connectivity index (χ0) is 22.0. The number of nitrogens with zero attached hydrogens (tertiary/aromatic N) is 3. The predicted octanol–water partition coefficient (Wildman–Crippen LogP) is 5.44. The van der Waals surface area contributed by atoms with Crippen molar-refractivity contribution in [3.63, 3.8) is 0 Å². The number of nitrogens with one attached hydrogen (secondary N) is 1. The molecule has 0 fully saturated rings. The zero-order valence-corrected chi connectivity index (χ0v) is 19.0. The van der Waals surface area contributed by atoms with Gasteiger partial charge in [0.05, 0.1) is 29.2 Å². The van der Waals surface area contributed by atoms with E-state index in [-0.39, 0.29) is 17.7 Å². The Bertz CT molecular complexity index is 1170. The first kappa shape index (κ1) is 21.1. The van der Waals surface area contributed by atoms with E-state index in [0.717, 1.165) is 16.1 Å². The number of hydrogen-bond donors (Lipinski definition) is 1. The minimum absolute atomic E-state index is 0.125. The number of anilines is 1. The average molecular weight is 435 g/mol. The smallest absolute Gasteiger partial charge is 0.236 e. The molecule has 1 N–H and O–H groups in total. The predicted molar refractivity (Wildman–Crippen MR) is 123 cm³/mol. The van der Waals surface area contributed by atoms with E-state index >= 15 is 0 Å². The number of oxazole rings is 1. The van der Waals surface area contributed by atoms with Crippen molar-refractivity contribution in [2.24, 2.45) is 0 Å². The highest BCUT2D eigenvalue weighted by molar-refractivity contribution is 7.13. The highest BCUT2D eigenvalue weighted by atomic mass is 32.1. The van der Waals surface area contributed by atoms with E-state index in [9.17, 15) is 4.79 Å². The summed E-state index contributed by atoms with van der Waals surface area (Å²) in [6, 6.07) is 15.9. The zero-order valence-electron chi connectivity index (χ0n) is 18.2. The fraction of sp³-hybridized carbons (Fsp3) is 0.292. The second kappa shape index (κ2) is 8.51. The number of rotatable bonds is 6. The molecule has 0 aliphatic rings. The minimum Gasteiger partial charge on any atom is -0.440 e. The topological polar surface area (TPSA) is 73.0 Å². The van der Waals surface area contributed by atoms with E-state index in [2.05, 4.69) is 43.2 Å². The first-order valence-corrected chi connectivity index (χ1v) is 11.1. The normalized spacial score (nSPS) is 11.6. The summed E-state index contributed by atoms with van der Waals surface area (Å²) >= 11 is 1.56. The Morgan fingerprint density at radius 1 is 1.16 bits per heavy atom. The third-order valence-electron chi connectivity index (χ3n) is 4.94. The van der Waals surface area contributed by atoms with Gasteiger partial charge in [0, 0.05) is 11.5 Å². The average Bonchev–Trinajstić information content (AvgIpc) is 3.44. The fourth-order valence-corrected chi connectivity index (χ4v) is 3.85. The Labute approximate surface area is 185 Å². The van der Waals surface area contributed by atoms with E-state index in [1.54, 1.807) is 11.3 Å². The lowest BCUT2D eigenvalue weighted by Crippen LogP contribution is -2.18. The molecule has 31 heavy (non-hydrogen) atoms. The summed E-state index contributed by atoms with van der Waals surface area (Å²) in [4.78, 5) is 18.3. The molecular formula is C24H26N4O2S. The van der Waals surface area contributed by atoms with Crippen LogP contribution < -0.4 is 5.32 Å². The molecule has 0 saturated heterocycles. The number of benzene rings is 1. The van der Waals surface area contributed by atoms with E-state index in [0.29, 0.717) is 29.7 Å². The van der Waals surface area contributed by atoms with Crippen LogP contribution in [0.4, 0.5) is 5.82 Å². The maximum absolute atomic E-state index is 12.9. The van der Waals surface area contributed by atoms with Gasteiger partial charge in [0.1, 0.15) is 11.6 Å². The van der Waals surface area contributed by atoms with Crippen LogP contribution in [-0.2, 0) is 23.2 Å². The van der Waals surface area contributed by atoms with Crippen molar-refractivity contribution in [2.75, 3.05) is 5.32 Å². The maximum atomic E-state index is 12.9. The molecule has 0 spiro atoms. The van der Waals surface area contributed by atoms with Crippen molar-refractivity contribution < 1.29 is 9.21 Å². The van der Waals surface area contributed by atoms with Crippen LogP contribution in [0, 0.1) is 6.92 Å². The highest BCUT2D eigenvalue weighted by Crippen LogP contribution is 2.27. The van der Waals surface area contributed by atoms with Gasteiger partial charge in [0.2, 0.25) is 11.8 Å². The van der Waals surface area contributed by atoms with Gasteiger partial charge in [0.25, 0.3) is 0 Å². The van der Waals surface area contributed by atoms with Crippen molar-refractivity contribution in [1.82, 2.24) is 14.8 Å². The van der Waals surface area contributed by atoms with Gasteiger partial charge in [-0.05, 0) is 23.9 Å². The second-order valence-electron chi connectivity index (χ2n) is 8.53. The van der Waals surface area contributed by atoms with Gasteiger partial charge in [-0.3, -0.25) is 4.79 Å². The molecule has 0 unspecified atom stereocenters. The molecule has 7 heteroatoms. The molecule has 160 valence electrons. The van der Waals surface area contributed by atoms with Crippen LogP contribution in [-0.4, -0.2) is 20.7 Å². The summed E-state index contributed by atoms with van der Waals surface area (Å²) in [5.41, 5.74) is 2.57. The summed E-state index contributed by atoms with van der Waals surface area (Å²) in [6.07, 6.45) is 0.141. The summed E-state index contributed by atoms with van der Waals surface area (Å²) < 4.78 is 7.61. The number of thiophene rings is 1. The third-order valence-corrected chi connectivity index (χ3v) is 5.80. The van der Waals surface area contributed by atoms with Gasteiger partial charge in [0.15, 0.2) is 0 Å². The molecule has 0 bridgehead atoms. The van der Waals surface area contributed by atoms with E-state index in [1.165, 1.54) is 0 Å². The van der Waals surface area contributed by atoms with Crippen molar-refractivity contribution >= 4 is 23.1 Å². The number of carbonyl (C=O) groups excluding carboxylic acids is 1. The molecule has 4 aromatic rings. The highest BCUT2D eigenvalue weighted by Gasteiger charge is 2.22. The first-order valence-electron chi connectivity index (χ1n) is 10.2. The fourth-order valence-electron chi connectivity index (χ4n) is 3.20. The lowest BCUT2D eigenvalue weighted by atomic mass is 9.92. The van der Waals surface area contributed by atoms with Gasteiger partial charge in [-0.1, -0.05) is 57.2 Å². The summed E-state index contributed by atoms with van der Waals surface area (Å²) in [6.45, 7) is 8.75. The molecule has 1 aromatic carbocycles. The Balaban J connectivity index is 1.54. The second-order valence-corrected chi connectivity index (χ2v) is 9.48. The molecule has 4 rings (SSSR count). The minimum atomic E-state index is -0.149. The van der Waals surface area contributed by atoms with Gasteiger partial charge in [-0.2, -0.15) is 5.10 Å². The van der Waals surface area contributed by atoms with Gasteiger partial charge in [-0.15, -0.1) is 11.3 Å². The first-order chi connectivity index (χ1) is 14.8. The lowest BCUT2D eigenvalue weighted by molar-refractivity contribution is -0.115. The van der Waals surface area contributed by atoms with Crippen LogP contribution in [0.2, 0.25) is 0 Å². The Hall–Kier alpha value is -3.19. The Morgan fingerprint density at radius 2 is 1.94 bits per heavy atom. The van der Waals surface area contributed by atoms with Crippen molar-refractivity contribution in [3.8, 4) is 10.8 Å². The molecular weight excluding hydrogens is 408 g/mol. The van der Waals surface area contributed by atoms with Crippen molar-refractivity contribution in [3.05, 3.63) is 76.6 Å². The monoisotopic (exact) mass is 434 g/mol. The van der Waals surface area contributed by atoms with Crippen LogP contribution in [0.5, 0.6) is 0 Å². The SMILES string of the molecule is Cc1oc(-c2cccs2)nc1CC(=O)Nc1cc(C(C)(C)C)nn1Cc1ccccc1. The molecule has 0 saturated carbocycles. The number of amides is 1. The molecule has 1 amide bonds. The molecule has 3 heterocycles. The van der Waals surface area contributed by atoms with Crippen molar-refractivity contribution in [1.29, 1.82) is 0 Å². The Morgan fingerprint density at radius 3 is 2.61 bits per heavy atom. The quantitative estimate of drug-likeness (QED) is 0.439. The van der Waals surface area contributed by atoms with Crippen LogP contribution >= 0.6 is 11.3 Å². The standard InChI is InChI=1S/C24H26N4O2S/c1-16-18(25-23(30-16)19-11-8-12-31-19)13-22(29)26-21-14-20(24(2,3)4)27-28(21)15-17-9-6-5-7-10-17/h5-12,14H,13,15H2,1-4H3,(H,26,29). The number of aryl methyl sites for hydroxylation is 1. The summed E-state index contributed by atoms with van der Waals surface area (Å²) in [7, 11) is 0. The molecule has 3 aromatic heterocycles. The third kappa shape index (κ3) is 4.94. The van der Waals surface area contributed by atoms with Gasteiger partial charge >= 0.3 is 0 Å². The molecule has 0 atom stereocenters. The van der Waals surface area contributed by atoms with Crippen LogP contribution in [0.1, 0.15) is 43.5 Å². The number of aromatic nitrogens is 3. The van der Waals surface area contributed by atoms with Gasteiger partial charge in [-0.25, -0.2) is 9.67 Å². The molecule has 0 radical (unpaired) electrons. The van der Waals surface area contributed by atoms with Crippen LogP contribution in [0.25, 0.3) is 10.8 Å². The van der Waals surface area contributed by atoms with E-state index < -0.39 is 0 Å². The molecule has 0 aliphatic carbocycles. The van der Waals surface area contributed by atoms with E-state index in [1.807, 2.05) is 53.4 Å². The largest absolute Gasteiger partial charge is 0.440 e. The van der Waals surface area contributed by atoms with Crippen molar-refractivity contribution in [2.45, 2.75) is 46.1 Å². The summed E-state index contributed by atoms with van der Waals surface area (Å²) in [5, 5.41) is 9.76. The summed E-state index contributed by atoms with van der Waals surface area (Å²) in [5.74, 6) is 1.74. The number of hydrogen-bond acceptors (Lipinski definition) is 5. The molecule has 0 aliphatic heterocycles. The maximum Gasteiger partial charge on any atom is 0.236 e. The number of carbonyl (C=O) groups is 1.